The molecule has 1 aromatic heterocycles. The number of pyridine rings is 1. The Hall–Kier alpha value is -1.13. The van der Waals surface area contributed by atoms with E-state index in [1.165, 1.54) is 6.20 Å². The van der Waals surface area contributed by atoms with Crippen molar-refractivity contribution in [3.05, 3.63) is 29.0 Å². The van der Waals surface area contributed by atoms with Crippen LogP contribution in [0.15, 0.2) is 18.3 Å². The van der Waals surface area contributed by atoms with E-state index in [0.717, 1.165) is 12.8 Å². The highest BCUT2D eigenvalue weighted by Gasteiger charge is 2.28. The van der Waals surface area contributed by atoms with Crippen LogP contribution in [0.4, 0.5) is 0 Å². The first-order valence-corrected chi connectivity index (χ1v) is 6.14. The molecule has 2 unspecified atom stereocenters. The molecule has 4 nitrogen and oxygen atoms in total. The number of aromatic nitrogens is 1. The van der Waals surface area contributed by atoms with Gasteiger partial charge in [-0.05, 0) is 31.9 Å². The van der Waals surface area contributed by atoms with Gasteiger partial charge in [-0.1, -0.05) is 11.6 Å². The van der Waals surface area contributed by atoms with Crippen LogP contribution in [0.25, 0.3) is 0 Å². The number of carbonyl (C=O) groups excluding carboxylic acids is 1. The summed E-state index contributed by atoms with van der Waals surface area (Å²) in [6.45, 7) is 2.72. The van der Waals surface area contributed by atoms with Crippen molar-refractivity contribution in [1.82, 2.24) is 9.88 Å². The van der Waals surface area contributed by atoms with Gasteiger partial charge in [0.05, 0.1) is 5.02 Å². The normalized spacial score (nSPS) is 24.8. The molecule has 1 aromatic rings. The minimum atomic E-state index is -0.0407. The van der Waals surface area contributed by atoms with Crippen molar-refractivity contribution in [2.24, 2.45) is 5.73 Å². The summed E-state index contributed by atoms with van der Waals surface area (Å²) in [5, 5.41) is 0.537. The number of hydrogen-bond donors (Lipinski definition) is 1. The van der Waals surface area contributed by atoms with Crippen LogP contribution >= 0.6 is 11.6 Å². The highest BCUT2D eigenvalue weighted by molar-refractivity contribution is 6.30. The van der Waals surface area contributed by atoms with E-state index >= 15 is 0 Å². The molecular weight excluding hydrogens is 238 g/mol. The third-order valence-corrected chi connectivity index (χ3v) is 3.35. The molecule has 1 fully saturated rings. The minimum absolute atomic E-state index is 0.0407. The van der Waals surface area contributed by atoms with Crippen LogP contribution in [0.1, 0.15) is 30.3 Å². The minimum Gasteiger partial charge on any atom is -0.334 e. The highest BCUT2D eigenvalue weighted by atomic mass is 35.5. The topological polar surface area (TPSA) is 59.2 Å². The van der Waals surface area contributed by atoms with Gasteiger partial charge in [-0.15, -0.1) is 0 Å². The van der Waals surface area contributed by atoms with E-state index in [1.807, 2.05) is 11.8 Å². The number of carbonyl (C=O) groups is 1. The van der Waals surface area contributed by atoms with Crippen LogP contribution in [0.3, 0.4) is 0 Å². The van der Waals surface area contributed by atoms with Gasteiger partial charge in [-0.3, -0.25) is 4.79 Å². The maximum absolute atomic E-state index is 12.2. The second-order valence-corrected chi connectivity index (χ2v) is 4.93. The van der Waals surface area contributed by atoms with Crippen molar-refractivity contribution >= 4 is 17.5 Å². The summed E-state index contributed by atoms with van der Waals surface area (Å²) in [5.41, 5.74) is 6.32. The van der Waals surface area contributed by atoms with E-state index in [2.05, 4.69) is 4.98 Å². The van der Waals surface area contributed by atoms with Crippen molar-refractivity contribution in [1.29, 1.82) is 0 Å². The Labute approximate surface area is 106 Å². The van der Waals surface area contributed by atoms with Crippen LogP contribution < -0.4 is 5.73 Å². The van der Waals surface area contributed by atoms with Crippen molar-refractivity contribution in [2.45, 2.75) is 31.8 Å². The molecular formula is C12H16ClN3O. The molecule has 1 amide bonds. The van der Waals surface area contributed by atoms with Gasteiger partial charge < -0.3 is 10.6 Å². The summed E-state index contributed by atoms with van der Waals surface area (Å²) in [6, 6.07) is 3.71. The fraction of sp³-hybridized carbons (Fsp3) is 0.500. The fourth-order valence-electron chi connectivity index (χ4n) is 2.16. The summed E-state index contributed by atoms with van der Waals surface area (Å²) in [6.07, 6.45) is 3.19. The van der Waals surface area contributed by atoms with Crippen LogP contribution in [-0.4, -0.2) is 34.4 Å². The Bertz CT molecular complexity index is 407. The second kappa shape index (κ2) is 5.02. The number of hydrogen-bond acceptors (Lipinski definition) is 3. The lowest BCUT2D eigenvalue weighted by Crippen LogP contribution is -2.48. The van der Waals surface area contributed by atoms with Gasteiger partial charge in [0.15, 0.2) is 0 Å². The maximum atomic E-state index is 12.2. The molecule has 5 heteroatoms. The number of amides is 1. The molecule has 1 aliphatic rings. The Balaban J connectivity index is 2.12. The summed E-state index contributed by atoms with van der Waals surface area (Å²) in [7, 11) is 0. The molecule has 2 atom stereocenters. The van der Waals surface area contributed by atoms with Gasteiger partial charge in [0.1, 0.15) is 5.69 Å². The Kier molecular flexibility index (Phi) is 3.64. The molecule has 2 heterocycles. The first-order chi connectivity index (χ1) is 8.08. The largest absolute Gasteiger partial charge is 0.334 e. The Morgan fingerprint density at radius 2 is 2.35 bits per heavy atom. The zero-order valence-electron chi connectivity index (χ0n) is 9.77. The predicted molar refractivity (Wildman–Crippen MR) is 67.0 cm³/mol. The van der Waals surface area contributed by atoms with Crippen LogP contribution in [-0.2, 0) is 0 Å². The van der Waals surface area contributed by atoms with E-state index in [-0.39, 0.29) is 18.0 Å². The smallest absolute Gasteiger partial charge is 0.272 e. The van der Waals surface area contributed by atoms with E-state index in [9.17, 15) is 4.79 Å². The van der Waals surface area contributed by atoms with Gasteiger partial charge in [-0.25, -0.2) is 4.98 Å². The maximum Gasteiger partial charge on any atom is 0.272 e. The van der Waals surface area contributed by atoms with Crippen molar-refractivity contribution in [2.75, 3.05) is 6.54 Å². The van der Waals surface area contributed by atoms with Crippen molar-refractivity contribution < 1.29 is 4.79 Å². The summed E-state index contributed by atoms with van der Waals surface area (Å²) in [5.74, 6) is -0.0407. The lowest BCUT2D eigenvalue weighted by molar-refractivity contribution is 0.0613. The quantitative estimate of drug-likeness (QED) is 0.829. The zero-order valence-corrected chi connectivity index (χ0v) is 10.5. The van der Waals surface area contributed by atoms with E-state index in [1.54, 1.807) is 12.1 Å². The molecule has 0 bridgehead atoms. The SMILES string of the molecule is CC1CC(N)CCN1C(=O)c1ccc(Cl)cn1. The van der Waals surface area contributed by atoms with Crippen molar-refractivity contribution in [3.8, 4) is 0 Å². The Morgan fingerprint density at radius 1 is 1.59 bits per heavy atom. The average Bonchev–Trinajstić information content (AvgIpc) is 2.29. The fourth-order valence-corrected chi connectivity index (χ4v) is 2.27. The van der Waals surface area contributed by atoms with Gasteiger partial charge in [0.25, 0.3) is 5.91 Å². The number of piperidine rings is 1. The molecule has 0 radical (unpaired) electrons. The lowest BCUT2D eigenvalue weighted by Gasteiger charge is -2.36. The van der Waals surface area contributed by atoms with Gasteiger partial charge >= 0.3 is 0 Å². The van der Waals surface area contributed by atoms with Gasteiger partial charge in [-0.2, -0.15) is 0 Å². The Morgan fingerprint density at radius 3 is 2.94 bits per heavy atom. The third kappa shape index (κ3) is 2.76. The molecule has 1 saturated heterocycles. The van der Waals surface area contributed by atoms with Gasteiger partial charge in [0.2, 0.25) is 0 Å². The van der Waals surface area contributed by atoms with Crippen molar-refractivity contribution in [3.63, 3.8) is 0 Å². The molecule has 2 N–H and O–H groups in total. The average molecular weight is 254 g/mol. The molecule has 0 saturated carbocycles. The molecule has 1 aliphatic heterocycles. The van der Waals surface area contributed by atoms with Crippen LogP contribution in [0, 0.1) is 0 Å². The number of likely N-dealkylation sites (tertiary alicyclic amines) is 1. The molecule has 0 aliphatic carbocycles. The molecule has 0 spiro atoms. The summed E-state index contributed by atoms with van der Waals surface area (Å²) >= 11 is 5.75. The van der Waals surface area contributed by atoms with Crippen LogP contribution in [0.5, 0.6) is 0 Å². The first-order valence-electron chi connectivity index (χ1n) is 5.76. The zero-order chi connectivity index (χ0) is 12.4. The van der Waals surface area contributed by atoms with Crippen LogP contribution in [0.2, 0.25) is 5.02 Å². The number of nitrogens with zero attached hydrogens (tertiary/aromatic N) is 2. The monoisotopic (exact) mass is 253 g/mol. The number of halogens is 1. The molecule has 17 heavy (non-hydrogen) atoms. The lowest BCUT2D eigenvalue weighted by atomic mass is 9.99. The second-order valence-electron chi connectivity index (χ2n) is 4.49. The van der Waals surface area contributed by atoms with Gasteiger partial charge in [0, 0.05) is 24.8 Å². The molecule has 92 valence electrons. The van der Waals surface area contributed by atoms with E-state index < -0.39 is 0 Å². The standard InChI is InChI=1S/C12H16ClN3O/c1-8-6-10(14)4-5-16(8)12(17)11-3-2-9(13)7-15-11/h2-3,7-8,10H,4-6,14H2,1H3. The van der Waals surface area contributed by atoms with E-state index in [4.69, 9.17) is 17.3 Å². The predicted octanol–water partition coefficient (Wildman–Crippen LogP) is 1.69. The number of nitrogens with two attached hydrogens (primary N) is 1. The summed E-state index contributed by atoms with van der Waals surface area (Å²) in [4.78, 5) is 18.1. The van der Waals surface area contributed by atoms with E-state index in [0.29, 0.717) is 17.3 Å². The molecule has 2 rings (SSSR count). The summed E-state index contributed by atoms with van der Waals surface area (Å²) < 4.78 is 0. The third-order valence-electron chi connectivity index (χ3n) is 3.12. The first kappa shape index (κ1) is 12.3. The highest BCUT2D eigenvalue weighted by Crippen LogP contribution is 2.18. The number of rotatable bonds is 1. The molecule has 0 aromatic carbocycles.